The summed E-state index contributed by atoms with van der Waals surface area (Å²) in [6.07, 6.45) is 0.197. The topological polar surface area (TPSA) is 107 Å². The average Bonchev–Trinajstić information content (AvgIpc) is 2.31. The van der Waals surface area contributed by atoms with Crippen molar-refractivity contribution in [3.8, 4) is 0 Å². The van der Waals surface area contributed by atoms with E-state index in [0.717, 1.165) is 0 Å². The second-order valence-corrected chi connectivity index (χ2v) is 3.67. The summed E-state index contributed by atoms with van der Waals surface area (Å²) in [5.41, 5.74) is 12.3. The first-order chi connectivity index (χ1) is 8.54. The maximum atomic E-state index is 11.5. The molecule has 18 heavy (non-hydrogen) atoms. The van der Waals surface area contributed by atoms with Crippen LogP contribution in [0.3, 0.4) is 0 Å². The number of nitrogens with one attached hydrogen (secondary N) is 1. The van der Waals surface area contributed by atoms with Crippen LogP contribution in [-0.2, 0) is 9.53 Å². The van der Waals surface area contributed by atoms with E-state index in [1.54, 1.807) is 25.1 Å². The third-order valence-electron chi connectivity index (χ3n) is 2.25. The predicted octanol–water partition coefficient (Wildman–Crippen LogP) is 0.733. The lowest BCUT2D eigenvalue weighted by Gasteiger charge is -2.10. The zero-order valence-electron chi connectivity index (χ0n) is 10.2. The molecule has 0 aliphatic rings. The summed E-state index contributed by atoms with van der Waals surface area (Å²) in [5, 5.41) is 2.95. The summed E-state index contributed by atoms with van der Waals surface area (Å²) in [6.45, 7) is 2.42. The van der Waals surface area contributed by atoms with Gasteiger partial charge in [0.15, 0.2) is 0 Å². The van der Waals surface area contributed by atoms with Gasteiger partial charge in [-0.25, -0.2) is 4.79 Å². The molecular weight excluding hydrogens is 234 g/mol. The smallest absolute Gasteiger partial charge is 0.338 e. The molecule has 1 aromatic rings. The van der Waals surface area contributed by atoms with Crippen LogP contribution in [0.15, 0.2) is 18.2 Å². The van der Waals surface area contributed by atoms with Crippen LogP contribution in [0.1, 0.15) is 23.7 Å². The molecule has 1 aromatic carbocycles. The number of nitrogens with two attached hydrogens (primary N) is 2. The summed E-state index contributed by atoms with van der Waals surface area (Å²) < 4.78 is 4.88. The fraction of sp³-hybridized carbons (Fsp3) is 0.333. The van der Waals surface area contributed by atoms with Gasteiger partial charge in [0.25, 0.3) is 0 Å². The number of carbonyl (C=O) groups excluding carboxylic acids is 2. The second-order valence-electron chi connectivity index (χ2n) is 3.67. The summed E-state index contributed by atoms with van der Waals surface area (Å²) in [4.78, 5) is 22.1. The molecule has 0 heterocycles. The monoisotopic (exact) mass is 251 g/mol. The normalized spacial score (nSPS) is 9.83. The molecule has 0 fully saturated rings. The van der Waals surface area contributed by atoms with E-state index in [-0.39, 0.29) is 6.42 Å². The molecule has 0 aliphatic heterocycles. The third-order valence-corrected chi connectivity index (χ3v) is 2.25. The maximum absolute atomic E-state index is 11.5. The second kappa shape index (κ2) is 6.48. The van der Waals surface area contributed by atoms with Crippen molar-refractivity contribution in [1.29, 1.82) is 0 Å². The number of esters is 1. The molecule has 0 saturated carbocycles. The highest BCUT2D eigenvalue weighted by Crippen LogP contribution is 2.20. The Hall–Kier alpha value is -2.24. The minimum absolute atomic E-state index is 0.197. The molecule has 1 amide bonds. The fourth-order valence-corrected chi connectivity index (χ4v) is 1.37. The van der Waals surface area contributed by atoms with Crippen molar-refractivity contribution in [2.75, 3.05) is 24.2 Å². The van der Waals surface area contributed by atoms with Crippen molar-refractivity contribution in [1.82, 2.24) is 0 Å². The Morgan fingerprint density at radius 2 is 2.11 bits per heavy atom. The van der Waals surface area contributed by atoms with Gasteiger partial charge in [-0.3, -0.25) is 4.79 Å². The Morgan fingerprint density at radius 3 is 2.72 bits per heavy atom. The number of anilines is 2. The highest BCUT2D eigenvalue weighted by Gasteiger charge is 2.09. The number of carbonyl (C=O) groups is 2. The van der Waals surface area contributed by atoms with Crippen LogP contribution in [0.4, 0.5) is 11.4 Å². The highest BCUT2D eigenvalue weighted by atomic mass is 16.5. The SMILES string of the molecule is CCOC(=O)c1ccc(N)c(NCCC(N)=O)c1. The molecule has 0 aliphatic carbocycles. The molecule has 5 N–H and O–H groups in total. The molecular formula is C12H17N3O3. The van der Waals surface area contributed by atoms with Gasteiger partial charge >= 0.3 is 5.97 Å². The number of benzene rings is 1. The lowest BCUT2D eigenvalue weighted by molar-refractivity contribution is -0.117. The van der Waals surface area contributed by atoms with Crippen LogP contribution < -0.4 is 16.8 Å². The third kappa shape index (κ3) is 3.97. The lowest BCUT2D eigenvalue weighted by Crippen LogP contribution is -2.16. The lowest BCUT2D eigenvalue weighted by atomic mass is 10.1. The molecule has 0 radical (unpaired) electrons. The zero-order valence-corrected chi connectivity index (χ0v) is 10.2. The van der Waals surface area contributed by atoms with Crippen LogP contribution in [0.2, 0.25) is 0 Å². The van der Waals surface area contributed by atoms with Gasteiger partial charge in [0.2, 0.25) is 5.91 Å². The number of amides is 1. The van der Waals surface area contributed by atoms with E-state index in [9.17, 15) is 9.59 Å². The molecule has 0 atom stereocenters. The van der Waals surface area contributed by atoms with Crippen molar-refractivity contribution < 1.29 is 14.3 Å². The molecule has 0 saturated heterocycles. The Bertz CT molecular complexity index is 446. The first-order valence-electron chi connectivity index (χ1n) is 5.63. The number of hydrogen-bond acceptors (Lipinski definition) is 5. The Morgan fingerprint density at radius 1 is 1.39 bits per heavy atom. The predicted molar refractivity (Wildman–Crippen MR) is 69.1 cm³/mol. The van der Waals surface area contributed by atoms with Crippen molar-refractivity contribution in [3.05, 3.63) is 23.8 Å². The Labute approximate surface area is 105 Å². The van der Waals surface area contributed by atoms with E-state index < -0.39 is 11.9 Å². The standard InChI is InChI=1S/C12H17N3O3/c1-2-18-12(17)8-3-4-9(13)10(7-8)15-6-5-11(14)16/h3-4,7,15H,2,5-6,13H2,1H3,(H2,14,16). The zero-order chi connectivity index (χ0) is 13.5. The van der Waals surface area contributed by atoms with Gasteiger partial charge in [0.1, 0.15) is 0 Å². The van der Waals surface area contributed by atoms with Crippen LogP contribution in [0.5, 0.6) is 0 Å². The number of ether oxygens (including phenoxy) is 1. The van der Waals surface area contributed by atoms with E-state index in [1.165, 1.54) is 0 Å². The van der Waals surface area contributed by atoms with Crippen molar-refractivity contribution in [3.63, 3.8) is 0 Å². The largest absolute Gasteiger partial charge is 0.462 e. The van der Waals surface area contributed by atoms with Gasteiger partial charge < -0.3 is 21.5 Å². The molecule has 0 aromatic heterocycles. The van der Waals surface area contributed by atoms with Crippen LogP contribution in [-0.4, -0.2) is 25.0 Å². The molecule has 6 heteroatoms. The van der Waals surface area contributed by atoms with Crippen LogP contribution in [0.25, 0.3) is 0 Å². The van der Waals surface area contributed by atoms with Gasteiger partial charge in [-0.2, -0.15) is 0 Å². The van der Waals surface area contributed by atoms with E-state index >= 15 is 0 Å². The van der Waals surface area contributed by atoms with Gasteiger partial charge in [-0.05, 0) is 25.1 Å². The van der Waals surface area contributed by atoms with Crippen LogP contribution >= 0.6 is 0 Å². The summed E-state index contributed by atoms with van der Waals surface area (Å²) >= 11 is 0. The quantitative estimate of drug-likeness (QED) is 0.510. The molecule has 6 nitrogen and oxygen atoms in total. The minimum Gasteiger partial charge on any atom is -0.462 e. The molecule has 1 rings (SSSR count). The number of primary amides is 1. The van der Waals surface area contributed by atoms with Crippen molar-refractivity contribution in [2.45, 2.75) is 13.3 Å². The Kier molecular flexibility index (Phi) is 4.98. The van der Waals surface area contributed by atoms with Gasteiger partial charge in [-0.1, -0.05) is 0 Å². The first-order valence-corrected chi connectivity index (χ1v) is 5.63. The average molecular weight is 251 g/mol. The molecule has 0 unspecified atom stereocenters. The molecule has 98 valence electrons. The Balaban J connectivity index is 2.74. The maximum Gasteiger partial charge on any atom is 0.338 e. The summed E-state index contributed by atoms with van der Waals surface area (Å²) in [5.74, 6) is -0.807. The highest BCUT2D eigenvalue weighted by molar-refractivity contribution is 5.92. The van der Waals surface area contributed by atoms with Gasteiger partial charge in [-0.15, -0.1) is 0 Å². The number of hydrogen-bond donors (Lipinski definition) is 3. The number of rotatable bonds is 6. The fourth-order valence-electron chi connectivity index (χ4n) is 1.37. The van der Waals surface area contributed by atoms with E-state index in [4.69, 9.17) is 16.2 Å². The summed E-state index contributed by atoms with van der Waals surface area (Å²) in [7, 11) is 0. The van der Waals surface area contributed by atoms with Crippen molar-refractivity contribution in [2.24, 2.45) is 5.73 Å². The molecule has 0 bridgehead atoms. The van der Waals surface area contributed by atoms with E-state index in [1.807, 2.05) is 0 Å². The van der Waals surface area contributed by atoms with Gasteiger partial charge in [0.05, 0.1) is 23.5 Å². The first kappa shape index (κ1) is 13.8. The van der Waals surface area contributed by atoms with Crippen molar-refractivity contribution >= 4 is 23.3 Å². The number of nitrogen functional groups attached to an aromatic ring is 1. The summed E-state index contributed by atoms with van der Waals surface area (Å²) in [6, 6.07) is 4.79. The molecule has 0 spiro atoms. The van der Waals surface area contributed by atoms with E-state index in [2.05, 4.69) is 5.32 Å². The van der Waals surface area contributed by atoms with Gasteiger partial charge in [0, 0.05) is 13.0 Å². The minimum atomic E-state index is -0.407. The van der Waals surface area contributed by atoms with E-state index in [0.29, 0.717) is 30.1 Å². The van der Waals surface area contributed by atoms with Crippen LogP contribution in [0, 0.1) is 0 Å².